The standard InChI is InChI=1S/C14H22N2OS/c1-2-8-16-14(17)11-9-12(18-13(11)15)10-6-4-3-5-7-10/h9-10H,2-8,15H2,1H3,(H,16,17). The van der Waals surface area contributed by atoms with E-state index in [9.17, 15) is 4.79 Å². The molecular formula is C14H22N2OS. The molecule has 0 bridgehead atoms. The van der Waals surface area contributed by atoms with Gasteiger partial charge in [-0.2, -0.15) is 0 Å². The third kappa shape index (κ3) is 3.05. The van der Waals surface area contributed by atoms with Crippen molar-refractivity contribution in [2.45, 2.75) is 51.4 Å². The van der Waals surface area contributed by atoms with E-state index >= 15 is 0 Å². The molecule has 1 heterocycles. The van der Waals surface area contributed by atoms with Gasteiger partial charge in [0.25, 0.3) is 5.91 Å². The van der Waals surface area contributed by atoms with E-state index in [1.807, 2.05) is 13.0 Å². The lowest BCUT2D eigenvalue weighted by Crippen LogP contribution is -2.24. The highest BCUT2D eigenvalue weighted by Crippen LogP contribution is 2.38. The Morgan fingerprint density at radius 2 is 2.17 bits per heavy atom. The van der Waals surface area contributed by atoms with Gasteiger partial charge in [0.15, 0.2) is 0 Å². The number of nitrogen functional groups attached to an aromatic ring is 1. The maximum atomic E-state index is 11.9. The van der Waals surface area contributed by atoms with E-state index < -0.39 is 0 Å². The van der Waals surface area contributed by atoms with Crippen LogP contribution in [0.4, 0.5) is 5.00 Å². The predicted octanol–water partition coefficient (Wildman–Crippen LogP) is 3.52. The molecule has 1 fully saturated rings. The topological polar surface area (TPSA) is 55.1 Å². The highest BCUT2D eigenvalue weighted by Gasteiger charge is 2.21. The second kappa shape index (κ2) is 6.23. The number of carbonyl (C=O) groups excluding carboxylic acids is 1. The first-order valence-electron chi connectivity index (χ1n) is 6.89. The molecule has 2 rings (SSSR count). The van der Waals surface area contributed by atoms with Crippen LogP contribution >= 0.6 is 11.3 Å². The minimum absolute atomic E-state index is 0.0207. The zero-order valence-electron chi connectivity index (χ0n) is 11.0. The zero-order valence-corrected chi connectivity index (χ0v) is 11.8. The van der Waals surface area contributed by atoms with Crippen LogP contribution in [-0.4, -0.2) is 12.5 Å². The molecule has 1 aromatic heterocycles. The molecule has 3 N–H and O–H groups in total. The Balaban J connectivity index is 2.08. The Labute approximate surface area is 113 Å². The van der Waals surface area contributed by atoms with Crippen molar-refractivity contribution in [3.05, 3.63) is 16.5 Å². The van der Waals surface area contributed by atoms with Gasteiger partial charge in [-0.3, -0.25) is 4.79 Å². The number of hydrogen-bond donors (Lipinski definition) is 2. The zero-order chi connectivity index (χ0) is 13.0. The molecule has 0 aliphatic heterocycles. The van der Waals surface area contributed by atoms with Gasteiger partial charge in [-0.1, -0.05) is 26.2 Å². The Bertz CT molecular complexity index is 408. The van der Waals surface area contributed by atoms with Gasteiger partial charge in [-0.05, 0) is 31.2 Å². The average molecular weight is 266 g/mol. The second-order valence-electron chi connectivity index (χ2n) is 5.02. The summed E-state index contributed by atoms with van der Waals surface area (Å²) in [7, 11) is 0. The Hall–Kier alpha value is -1.03. The number of carbonyl (C=O) groups is 1. The van der Waals surface area contributed by atoms with Gasteiger partial charge in [0.1, 0.15) is 0 Å². The molecule has 4 heteroatoms. The fourth-order valence-electron chi connectivity index (χ4n) is 2.52. The summed E-state index contributed by atoms with van der Waals surface area (Å²) in [4.78, 5) is 13.2. The van der Waals surface area contributed by atoms with E-state index in [1.54, 1.807) is 11.3 Å². The maximum absolute atomic E-state index is 11.9. The van der Waals surface area contributed by atoms with Crippen LogP contribution in [-0.2, 0) is 0 Å². The van der Waals surface area contributed by atoms with Crippen molar-refractivity contribution in [2.24, 2.45) is 0 Å². The van der Waals surface area contributed by atoms with Crippen molar-refractivity contribution in [1.82, 2.24) is 5.32 Å². The molecule has 1 aromatic rings. The number of nitrogens with one attached hydrogen (secondary N) is 1. The first-order valence-corrected chi connectivity index (χ1v) is 7.71. The van der Waals surface area contributed by atoms with Crippen molar-refractivity contribution < 1.29 is 4.79 Å². The van der Waals surface area contributed by atoms with Gasteiger partial charge in [0.2, 0.25) is 0 Å². The van der Waals surface area contributed by atoms with Gasteiger partial charge >= 0.3 is 0 Å². The molecule has 0 radical (unpaired) electrons. The smallest absolute Gasteiger partial charge is 0.254 e. The van der Waals surface area contributed by atoms with Crippen LogP contribution in [0.3, 0.4) is 0 Å². The van der Waals surface area contributed by atoms with Crippen LogP contribution in [0, 0.1) is 0 Å². The maximum Gasteiger partial charge on any atom is 0.254 e. The van der Waals surface area contributed by atoms with Crippen molar-refractivity contribution >= 4 is 22.2 Å². The summed E-state index contributed by atoms with van der Waals surface area (Å²) >= 11 is 1.60. The number of hydrogen-bond acceptors (Lipinski definition) is 3. The van der Waals surface area contributed by atoms with Crippen molar-refractivity contribution in [2.75, 3.05) is 12.3 Å². The highest BCUT2D eigenvalue weighted by atomic mass is 32.1. The van der Waals surface area contributed by atoms with Gasteiger partial charge in [0, 0.05) is 11.4 Å². The van der Waals surface area contributed by atoms with Crippen LogP contribution in [0.5, 0.6) is 0 Å². The minimum Gasteiger partial charge on any atom is -0.390 e. The van der Waals surface area contributed by atoms with Crippen LogP contribution in [0.25, 0.3) is 0 Å². The lowest BCUT2D eigenvalue weighted by molar-refractivity contribution is 0.0955. The lowest BCUT2D eigenvalue weighted by atomic mass is 9.88. The number of rotatable bonds is 4. The SMILES string of the molecule is CCCNC(=O)c1cc(C2CCCCC2)sc1N. The molecule has 0 unspecified atom stereocenters. The first-order chi connectivity index (χ1) is 8.72. The molecule has 0 aromatic carbocycles. The predicted molar refractivity (Wildman–Crippen MR) is 77.2 cm³/mol. The Morgan fingerprint density at radius 1 is 1.44 bits per heavy atom. The molecule has 1 aliphatic rings. The molecular weight excluding hydrogens is 244 g/mol. The summed E-state index contributed by atoms with van der Waals surface area (Å²) < 4.78 is 0. The molecule has 1 aliphatic carbocycles. The molecule has 0 atom stereocenters. The number of nitrogens with two attached hydrogens (primary N) is 1. The van der Waals surface area contributed by atoms with Crippen LogP contribution in [0.15, 0.2) is 6.07 Å². The highest BCUT2D eigenvalue weighted by molar-refractivity contribution is 7.16. The van der Waals surface area contributed by atoms with Crippen molar-refractivity contribution in [3.8, 4) is 0 Å². The molecule has 0 saturated heterocycles. The van der Waals surface area contributed by atoms with E-state index in [0.29, 0.717) is 23.0 Å². The van der Waals surface area contributed by atoms with Gasteiger partial charge in [0.05, 0.1) is 10.6 Å². The third-order valence-electron chi connectivity index (χ3n) is 3.57. The normalized spacial score (nSPS) is 16.7. The quantitative estimate of drug-likeness (QED) is 0.876. The van der Waals surface area contributed by atoms with Crippen LogP contribution in [0.2, 0.25) is 0 Å². The summed E-state index contributed by atoms with van der Waals surface area (Å²) in [5.74, 6) is 0.603. The monoisotopic (exact) mass is 266 g/mol. The summed E-state index contributed by atoms with van der Waals surface area (Å²) in [5.41, 5.74) is 6.65. The summed E-state index contributed by atoms with van der Waals surface area (Å²) in [6.07, 6.45) is 7.40. The number of anilines is 1. The molecule has 1 saturated carbocycles. The molecule has 3 nitrogen and oxygen atoms in total. The summed E-state index contributed by atoms with van der Waals surface area (Å²) in [6.45, 7) is 2.76. The minimum atomic E-state index is -0.0207. The fourth-order valence-corrected chi connectivity index (χ4v) is 3.62. The van der Waals surface area contributed by atoms with Crippen LogP contribution in [0.1, 0.15) is 66.6 Å². The van der Waals surface area contributed by atoms with E-state index in [4.69, 9.17) is 5.73 Å². The van der Waals surface area contributed by atoms with E-state index in [2.05, 4.69) is 5.32 Å². The number of thiophene rings is 1. The van der Waals surface area contributed by atoms with Gasteiger partial charge < -0.3 is 11.1 Å². The fraction of sp³-hybridized carbons (Fsp3) is 0.643. The third-order valence-corrected chi connectivity index (χ3v) is 4.69. The average Bonchev–Trinajstić information content (AvgIpc) is 2.79. The first kappa shape index (κ1) is 13.4. The van der Waals surface area contributed by atoms with Crippen molar-refractivity contribution in [3.63, 3.8) is 0 Å². The number of amides is 1. The Morgan fingerprint density at radius 3 is 2.83 bits per heavy atom. The molecule has 18 heavy (non-hydrogen) atoms. The lowest BCUT2D eigenvalue weighted by Gasteiger charge is -2.19. The molecule has 100 valence electrons. The van der Waals surface area contributed by atoms with E-state index in [1.165, 1.54) is 37.0 Å². The van der Waals surface area contributed by atoms with Gasteiger partial charge in [-0.15, -0.1) is 11.3 Å². The van der Waals surface area contributed by atoms with E-state index in [0.717, 1.165) is 6.42 Å². The van der Waals surface area contributed by atoms with Crippen LogP contribution < -0.4 is 11.1 Å². The Kier molecular flexibility index (Phi) is 4.64. The van der Waals surface area contributed by atoms with E-state index in [-0.39, 0.29) is 5.91 Å². The summed E-state index contributed by atoms with van der Waals surface area (Å²) in [6, 6.07) is 2.01. The van der Waals surface area contributed by atoms with Gasteiger partial charge in [-0.25, -0.2) is 0 Å². The summed E-state index contributed by atoms with van der Waals surface area (Å²) in [5, 5.41) is 3.56. The second-order valence-corrected chi connectivity index (χ2v) is 6.13. The molecule has 1 amide bonds. The van der Waals surface area contributed by atoms with Crippen molar-refractivity contribution in [1.29, 1.82) is 0 Å². The largest absolute Gasteiger partial charge is 0.390 e. The molecule has 0 spiro atoms.